The molecule has 0 saturated carbocycles. The SMILES string of the molecule is CCOC(=O)C1=C(CC)NC(=O)NC1c1ccc(OC(C)C)c(Br)c1. The molecule has 1 aromatic carbocycles. The molecule has 2 N–H and O–H groups in total. The predicted octanol–water partition coefficient (Wildman–Crippen LogP) is 3.82. The van der Waals surface area contributed by atoms with Crippen molar-refractivity contribution >= 4 is 27.9 Å². The molecule has 6 nitrogen and oxygen atoms in total. The number of esters is 1. The van der Waals surface area contributed by atoms with Gasteiger partial charge >= 0.3 is 12.0 Å². The number of benzene rings is 1. The standard InChI is InChI=1S/C18H23BrN2O4/c1-5-13-15(17(22)24-6-2)16(21-18(23)20-13)11-7-8-14(12(19)9-11)25-10(3)4/h7-10,16H,5-6H2,1-4H3,(H2,20,21,23). The van der Waals surface area contributed by atoms with Crippen molar-refractivity contribution in [3.05, 3.63) is 39.5 Å². The zero-order valence-corrected chi connectivity index (χ0v) is 16.4. The van der Waals surface area contributed by atoms with E-state index in [1.54, 1.807) is 6.92 Å². The lowest BCUT2D eigenvalue weighted by Gasteiger charge is -2.29. The molecule has 1 aliphatic rings. The van der Waals surface area contributed by atoms with Crippen LogP contribution in [-0.2, 0) is 9.53 Å². The minimum atomic E-state index is -0.577. The second kappa shape index (κ2) is 8.38. The van der Waals surface area contributed by atoms with Crippen LogP contribution in [0.25, 0.3) is 0 Å². The minimum absolute atomic E-state index is 0.0439. The largest absolute Gasteiger partial charge is 0.490 e. The number of rotatable bonds is 6. The van der Waals surface area contributed by atoms with E-state index in [4.69, 9.17) is 9.47 Å². The summed E-state index contributed by atoms with van der Waals surface area (Å²) in [6.45, 7) is 7.80. The number of allylic oxidation sites excluding steroid dienone is 1. The Kier molecular flexibility index (Phi) is 6.47. The summed E-state index contributed by atoms with van der Waals surface area (Å²) in [7, 11) is 0. The summed E-state index contributed by atoms with van der Waals surface area (Å²) in [5, 5.41) is 5.50. The molecule has 0 saturated heterocycles. The number of carbonyl (C=O) groups excluding carboxylic acids is 2. The Labute approximate surface area is 156 Å². The van der Waals surface area contributed by atoms with Gasteiger partial charge in [-0.1, -0.05) is 13.0 Å². The van der Waals surface area contributed by atoms with Crippen LogP contribution in [0.5, 0.6) is 5.75 Å². The van der Waals surface area contributed by atoms with Gasteiger partial charge in [0, 0.05) is 5.70 Å². The van der Waals surface area contributed by atoms with E-state index in [1.165, 1.54) is 0 Å². The van der Waals surface area contributed by atoms with Crippen molar-refractivity contribution in [2.75, 3.05) is 6.61 Å². The summed E-state index contributed by atoms with van der Waals surface area (Å²) < 4.78 is 11.7. The Hall–Kier alpha value is -2.02. The van der Waals surface area contributed by atoms with Gasteiger partial charge in [0.2, 0.25) is 0 Å². The van der Waals surface area contributed by atoms with E-state index in [-0.39, 0.29) is 18.7 Å². The van der Waals surface area contributed by atoms with Crippen molar-refractivity contribution in [1.82, 2.24) is 10.6 Å². The summed E-state index contributed by atoms with van der Waals surface area (Å²) in [4.78, 5) is 24.4. The van der Waals surface area contributed by atoms with Crippen molar-refractivity contribution in [1.29, 1.82) is 0 Å². The lowest BCUT2D eigenvalue weighted by molar-refractivity contribution is -0.139. The first-order chi connectivity index (χ1) is 11.9. The highest BCUT2D eigenvalue weighted by Gasteiger charge is 2.33. The van der Waals surface area contributed by atoms with Crippen LogP contribution in [0.15, 0.2) is 33.9 Å². The molecule has 0 spiro atoms. The van der Waals surface area contributed by atoms with Gasteiger partial charge in [0.05, 0.1) is 28.8 Å². The first-order valence-corrected chi connectivity index (χ1v) is 9.10. The van der Waals surface area contributed by atoms with Crippen LogP contribution in [0, 0.1) is 0 Å². The van der Waals surface area contributed by atoms with Gasteiger partial charge in [0.1, 0.15) is 5.75 Å². The summed E-state index contributed by atoms with van der Waals surface area (Å²) in [6.07, 6.45) is 0.566. The van der Waals surface area contributed by atoms with E-state index < -0.39 is 12.0 Å². The highest BCUT2D eigenvalue weighted by atomic mass is 79.9. The third kappa shape index (κ3) is 4.54. The predicted molar refractivity (Wildman–Crippen MR) is 98.3 cm³/mol. The van der Waals surface area contributed by atoms with E-state index in [1.807, 2.05) is 39.0 Å². The molecule has 0 aliphatic carbocycles. The fourth-order valence-corrected chi connectivity index (χ4v) is 3.13. The number of hydrogen-bond donors (Lipinski definition) is 2. The molecule has 0 aromatic heterocycles. The molecule has 1 heterocycles. The zero-order chi connectivity index (χ0) is 18.6. The number of ether oxygens (including phenoxy) is 2. The molecule has 1 aromatic rings. The van der Waals surface area contributed by atoms with E-state index in [0.29, 0.717) is 23.4 Å². The first kappa shape index (κ1) is 19.3. The average molecular weight is 411 g/mol. The lowest BCUT2D eigenvalue weighted by Crippen LogP contribution is -2.45. The fraction of sp³-hybridized carbons (Fsp3) is 0.444. The van der Waals surface area contributed by atoms with Crippen LogP contribution in [0.1, 0.15) is 45.7 Å². The van der Waals surface area contributed by atoms with E-state index in [2.05, 4.69) is 26.6 Å². The van der Waals surface area contributed by atoms with Gasteiger partial charge in [-0.2, -0.15) is 0 Å². The Bertz CT molecular complexity index is 700. The van der Waals surface area contributed by atoms with E-state index in [0.717, 1.165) is 10.0 Å². The highest BCUT2D eigenvalue weighted by Crippen LogP contribution is 2.34. The Morgan fingerprint density at radius 1 is 1.32 bits per heavy atom. The molecule has 7 heteroatoms. The van der Waals surface area contributed by atoms with Gasteiger partial charge in [-0.3, -0.25) is 0 Å². The van der Waals surface area contributed by atoms with E-state index >= 15 is 0 Å². The van der Waals surface area contributed by atoms with Crippen molar-refractivity contribution in [2.45, 2.75) is 46.3 Å². The van der Waals surface area contributed by atoms with Crippen LogP contribution in [0.3, 0.4) is 0 Å². The molecule has 2 rings (SSSR count). The van der Waals surface area contributed by atoms with Crippen molar-refractivity contribution in [2.24, 2.45) is 0 Å². The maximum absolute atomic E-state index is 12.4. The third-order valence-corrected chi connectivity index (χ3v) is 4.27. The quantitative estimate of drug-likeness (QED) is 0.698. The molecular formula is C18H23BrN2O4. The van der Waals surface area contributed by atoms with Gasteiger partial charge in [-0.05, 0) is 60.8 Å². The molecule has 0 radical (unpaired) electrons. The second-order valence-corrected chi connectivity index (χ2v) is 6.71. The molecular weight excluding hydrogens is 388 g/mol. The Balaban J connectivity index is 2.45. The highest BCUT2D eigenvalue weighted by molar-refractivity contribution is 9.10. The van der Waals surface area contributed by atoms with Crippen LogP contribution < -0.4 is 15.4 Å². The van der Waals surface area contributed by atoms with Crippen molar-refractivity contribution in [3.63, 3.8) is 0 Å². The Morgan fingerprint density at radius 3 is 2.60 bits per heavy atom. The minimum Gasteiger partial charge on any atom is -0.490 e. The van der Waals surface area contributed by atoms with Crippen molar-refractivity contribution < 1.29 is 19.1 Å². The molecule has 1 atom stereocenters. The number of nitrogens with one attached hydrogen (secondary N) is 2. The monoisotopic (exact) mass is 410 g/mol. The fourth-order valence-electron chi connectivity index (χ4n) is 2.64. The van der Waals surface area contributed by atoms with Crippen LogP contribution in [0.2, 0.25) is 0 Å². The third-order valence-electron chi connectivity index (χ3n) is 3.65. The smallest absolute Gasteiger partial charge is 0.338 e. The molecule has 0 bridgehead atoms. The van der Waals surface area contributed by atoms with Crippen LogP contribution in [-0.4, -0.2) is 24.7 Å². The average Bonchev–Trinajstić information content (AvgIpc) is 2.55. The summed E-state index contributed by atoms with van der Waals surface area (Å²) in [5.41, 5.74) is 1.77. The number of amides is 2. The molecule has 25 heavy (non-hydrogen) atoms. The second-order valence-electron chi connectivity index (χ2n) is 5.85. The van der Waals surface area contributed by atoms with Crippen molar-refractivity contribution in [3.8, 4) is 5.75 Å². The number of hydrogen-bond acceptors (Lipinski definition) is 4. The van der Waals surface area contributed by atoms with Gasteiger partial charge < -0.3 is 20.1 Å². The topological polar surface area (TPSA) is 76.7 Å². The lowest BCUT2D eigenvalue weighted by atomic mass is 9.94. The molecule has 0 fully saturated rings. The summed E-state index contributed by atoms with van der Waals surface area (Å²) >= 11 is 3.49. The Morgan fingerprint density at radius 2 is 2.04 bits per heavy atom. The molecule has 1 unspecified atom stereocenters. The maximum atomic E-state index is 12.4. The van der Waals surface area contributed by atoms with E-state index in [9.17, 15) is 9.59 Å². The van der Waals surface area contributed by atoms with Gasteiger partial charge in [-0.25, -0.2) is 9.59 Å². The first-order valence-electron chi connectivity index (χ1n) is 8.31. The van der Waals surface area contributed by atoms with Gasteiger partial charge in [0.15, 0.2) is 0 Å². The molecule has 1 aliphatic heterocycles. The normalized spacial score (nSPS) is 17.2. The molecule has 2 amide bonds. The van der Waals surface area contributed by atoms with Gasteiger partial charge in [-0.15, -0.1) is 0 Å². The zero-order valence-electron chi connectivity index (χ0n) is 14.8. The van der Waals surface area contributed by atoms with Crippen LogP contribution in [0.4, 0.5) is 4.79 Å². The number of halogens is 1. The number of urea groups is 1. The maximum Gasteiger partial charge on any atom is 0.338 e. The number of carbonyl (C=O) groups is 2. The summed E-state index contributed by atoms with van der Waals surface area (Å²) in [6, 6.07) is 4.59. The summed E-state index contributed by atoms with van der Waals surface area (Å²) in [5.74, 6) is 0.270. The van der Waals surface area contributed by atoms with Crippen LogP contribution >= 0.6 is 15.9 Å². The molecule has 136 valence electrons. The van der Waals surface area contributed by atoms with Gasteiger partial charge in [0.25, 0.3) is 0 Å².